The van der Waals surface area contributed by atoms with E-state index >= 15 is 8.42 Å². The Morgan fingerprint density at radius 1 is 0.686 bits per heavy atom. The first-order valence-electron chi connectivity index (χ1n) is 22.5. The zero-order valence-corrected chi connectivity index (χ0v) is 43.5. The summed E-state index contributed by atoms with van der Waals surface area (Å²) in [6, 6.07) is 25.3. The molecule has 0 aliphatic heterocycles. The average Bonchev–Trinajstić information content (AvgIpc) is 3.25. The number of esters is 3. The third-order valence-electron chi connectivity index (χ3n) is 9.62. The first kappa shape index (κ1) is 55.9. The molecule has 0 saturated heterocycles. The van der Waals surface area contributed by atoms with Crippen LogP contribution in [-0.2, 0) is 58.4 Å². The largest absolute Gasteiger partial charge is 0.462 e. The Bertz CT molecular complexity index is 2620. The maximum absolute atomic E-state index is 15.2. The standard InChI is InChI=1S/C51H64N4O13SSi/c1-35(56)30-44(47(59)67-50(3,4)5)54(33-39-18-15-19-41(31-39)45(57)64-28-29-70(9,10)11)69(62,63)55(49(61)65-34-38-16-13-12-14-17-38)32-37-20-26-43(27-21-37)66-46(58)40-22-24-42(25-23-40)52-36(2)53-48(60)68-51(6,7)8/h12-27,31,44H,28-30,32-34H2,1-11H3,(H,52,53,60)/t44-/m0/s1. The number of rotatable bonds is 19. The van der Waals surface area contributed by atoms with E-state index in [9.17, 15) is 28.8 Å². The van der Waals surface area contributed by atoms with E-state index in [4.69, 9.17) is 23.7 Å². The van der Waals surface area contributed by atoms with Crippen molar-refractivity contribution in [2.45, 2.75) is 124 Å². The highest BCUT2D eigenvalue weighted by molar-refractivity contribution is 7.87. The van der Waals surface area contributed by atoms with Gasteiger partial charge in [0.1, 0.15) is 41.2 Å². The number of aliphatic imine (C=N–C) groups is 1. The molecule has 0 saturated carbocycles. The normalized spacial score (nSPS) is 12.6. The molecule has 1 atom stereocenters. The number of ketones is 1. The molecule has 1 N–H and O–H groups in total. The number of amidine groups is 1. The molecule has 4 aromatic rings. The van der Waals surface area contributed by atoms with Crippen LogP contribution in [0.25, 0.3) is 0 Å². The van der Waals surface area contributed by atoms with Crippen molar-refractivity contribution in [1.82, 2.24) is 13.9 Å². The number of nitrogens with zero attached hydrogens (tertiary/aromatic N) is 3. The summed E-state index contributed by atoms with van der Waals surface area (Å²) in [5.74, 6) is -2.61. The monoisotopic (exact) mass is 1000 g/mol. The number of hydrogen-bond acceptors (Lipinski definition) is 14. The Morgan fingerprint density at radius 3 is 1.89 bits per heavy atom. The van der Waals surface area contributed by atoms with E-state index in [0.717, 1.165) is 6.04 Å². The van der Waals surface area contributed by atoms with Crippen LogP contribution in [0.3, 0.4) is 0 Å². The van der Waals surface area contributed by atoms with Crippen LogP contribution in [0.5, 0.6) is 5.75 Å². The second-order valence-corrected chi connectivity index (χ2v) is 27.0. The first-order valence-corrected chi connectivity index (χ1v) is 27.6. The number of ether oxygens (including phenoxy) is 5. The van der Waals surface area contributed by atoms with Crippen LogP contribution in [0.15, 0.2) is 108 Å². The van der Waals surface area contributed by atoms with Gasteiger partial charge in [0.05, 0.1) is 30.0 Å². The topological polar surface area (TPSA) is 214 Å². The van der Waals surface area contributed by atoms with Crippen LogP contribution < -0.4 is 10.1 Å². The molecule has 2 amide bonds. The SMILES string of the molecule is CC(=O)C[C@@H](C(=O)OC(C)(C)C)N(Cc1cccc(C(=O)OCC[Si](C)(C)C)c1)S(=O)(=O)N(Cc1ccc(OC(=O)c2ccc(N=C(C)NC(=O)OC(C)(C)C)cc2)cc1)C(=O)OCc1ccccc1. The van der Waals surface area contributed by atoms with E-state index in [1.807, 2.05) is 0 Å². The summed E-state index contributed by atoms with van der Waals surface area (Å²) in [5, 5.41) is 2.54. The maximum atomic E-state index is 15.2. The van der Waals surface area contributed by atoms with Crippen LogP contribution in [0.2, 0.25) is 25.7 Å². The lowest BCUT2D eigenvalue weighted by Gasteiger charge is -2.35. The van der Waals surface area contributed by atoms with Crippen molar-refractivity contribution in [3.8, 4) is 5.75 Å². The Kier molecular flexibility index (Phi) is 19.3. The quantitative estimate of drug-likeness (QED) is 0.0232. The van der Waals surface area contributed by atoms with Gasteiger partial charge in [-0.15, -0.1) is 0 Å². The number of amides is 2. The van der Waals surface area contributed by atoms with Crippen molar-refractivity contribution in [2.75, 3.05) is 6.61 Å². The average molecular weight is 1000 g/mol. The van der Waals surface area contributed by atoms with Gasteiger partial charge in [0.2, 0.25) is 0 Å². The third kappa shape index (κ3) is 18.7. The summed E-state index contributed by atoms with van der Waals surface area (Å²) in [6.45, 7) is 17.8. The van der Waals surface area contributed by atoms with Gasteiger partial charge >= 0.3 is 40.3 Å². The molecule has 0 heterocycles. The molecule has 70 heavy (non-hydrogen) atoms. The van der Waals surface area contributed by atoms with Gasteiger partial charge in [-0.05, 0) is 127 Å². The number of hydrogen-bond donors (Lipinski definition) is 1. The number of benzene rings is 4. The Balaban J connectivity index is 1.68. The number of carbonyl (C=O) groups excluding carboxylic acids is 6. The van der Waals surface area contributed by atoms with Crippen molar-refractivity contribution in [3.63, 3.8) is 0 Å². The van der Waals surface area contributed by atoms with Crippen LogP contribution >= 0.6 is 0 Å². The predicted molar refractivity (Wildman–Crippen MR) is 266 cm³/mol. The molecular weight excluding hydrogens is 937 g/mol. The first-order chi connectivity index (χ1) is 32.6. The maximum Gasteiger partial charge on any atom is 0.425 e. The third-order valence-corrected chi connectivity index (χ3v) is 13.1. The second kappa shape index (κ2) is 24.2. The minimum Gasteiger partial charge on any atom is -0.462 e. The van der Waals surface area contributed by atoms with Gasteiger partial charge in [-0.1, -0.05) is 74.2 Å². The van der Waals surface area contributed by atoms with E-state index in [1.165, 1.54) is 67.6 Å². The molecule has 19 heteroatoms. The molecule has 0 unspecified atom stereocenters. The van der Waals surface area contributed by atoms with Crippen molar-refractivity contribution in [3.05, 3.63) is 131 Å². The van der Waals surface area contributed by atoms with Crippen LogP contribution in [0.1, 0.15) is 99.2 Å². The van der Waals surface area contributed by atoms with Crippen molar-refractivity contribution < 1.29 is 60.9 Å². The smallest absolute Gasteiger partial charge is 0.425 e. The number of Topliss-reactive ketones (excluding diaryl/α,β-unsaturated/α-hetero) is 1. The molecule has 0 fully saturated rings. The summed E-state index contributed by atoms with van der Waals surface area (Å²) < 4.78 is 59.2. The molecule has 0 spiro atoms. The molecule has 0 aliphatic carbocycles. The Hall–Kier alpha value is -6.70. The van der Waals surface area contributed by atoms with E-state index in [-0.39, 0.29) is 47.1 Å². The lowest BCUT2D eigenvalue weighted by Crippen LogP contribution is -2.54. The van der Waals surface area contributed by atoms with Gasteiger partial charge in [-0.25, -0.2) is 24.2 Å². The van der Waals surface area contributed by atoms with E-state index in [2.05, 4.69) is 30.0 Å². The molecule has 376 valence electrons. The second-order valence-electron chi connectivity index (χ2n) is 19.6. The molecule has 17 nitrogen and oxygen atoms in total. The van der Waals surface area contributed by atoms with E-state index < -0.39 is 90.9 Å². The summed E-state index contributed by atoms with van der Waals surface area (Å²) >= 11 is 0. The lowest BCUT2D eigenvalue weighted by molar-refractivity contribution is -0.161. The fourth-order valence-corrected chi connectivity index (χ4v) is 8.62. The number of nitrogens with one attached hydrogen (secondary N) is 1. The Morgan fingerprint density at radius 2 is 1.30 bits per heavy atom. The minimum atomic E-state index is -5.16. The molecular formula is C51H64N4O13SSi. The Labute approximate surface area is 411 Å². The molecule has 0 aromatic heterocycles. The van der Waals surface area contributed by atoms with Gasteiger partial charge in [0.25, 0.3) is 0 Å². The van der Waals surface area contributed by atoms with Gasteiger partial charge < -0.3 is 23.7 Å². The zero-order valence-electron chi connectivity index (χ0n) is 41.7. The molecule has 0 bridgehead atoms. The molecule has 4 rings (SSSR count). The highest BCUT2D eigenvalue weighted by atomic mass is 32.2. The zero-order chi connectivity index (χ0) is 52.0. The van der Waals surface area contributed by atoms with E-state index in [0.29, 0.717) is 19.9 Å². The van der Waals surface area contributed by atoms with Gasteiger partial charge in [0, 0.05) is 21.0 Å². The number of carbonyl (C=O) groups is 6. The van der Waals surface area contributed by atoms with Crippen molar-refractivity contribution in [2.24, 2.45) is 4.99 Å². The molecule has 4 aromatic carbocycles. The lowest BCUT2D eigenvalue weighted by atomic mass is 10.1. The molecule has 0 aliphatic rings. The van der Waals surface area contributed by atoms with Crippen LogP contribution in [0.4, 0.5) is 15.3 Å². The predicted octanol–water partition coefficient (Wildman–Crippen LogP) is 9.55. The van der Waals surface area contributed by atoms with Crippen LogP contribution in [-0.4, -0.2) is 90.7 Å². The number of alkyl carbamates (subject to hydrolysis) is 1. The van der Waals surface area contributed by atoms with Crippen molar-refractivity contribution in [1.29, 1.82) is 0 Å². The van der Waals surface area contributed by atoms with Gasteiger partial charge in [0.15, 0.2) is 0 Å². The summed E-state index contributed by atoms with van der Waals surface area (Å²) in [5.41, 5.74) is -0.0421. The van der Waals surface area contributed by atoms with Gasteiger partial charge in [-0.2, -0.15) is 17.0 Å². The summed E-state index contributed by atoms with van der Waals surface area (Å²) in [4.78, 5) is 83.8. The highest BCUT2D eigenvalue weighted by Crippen LogP contribution is 2.27. The highest BCUT2D eigenvalue weighted by Gasteiger charge is 2.44. The minimum absolute atomic E-state index is 0.0845. The fourth-order valence-electron chi connectivity index (χ4n) is 6.31. The summed E-state index contributed by atoms with van der Waals surface area (Å²) in [7, 11) is -6.70. The van der Waals surface area contributed by atoms with E-state index in [1.54, 1.807) is 90.9 Å². The molecule has 0 radical (unpaired) electrons. The van der Waals surface area contributed by atoms with Crippen molar-refractivity contribution >= 4 is 65.7 Å². The summed E-state index contributed by atoms with van der Waals surface area (Å²) in [6.07, 6.45) is -2.60. The van der Waals surface area contributed by atoms with Crippen LogP contribution in [0, 0.1) is 0 Å². The van der Waals surface area contributed by atoms with Gasteiger partial charge in [-0.3, -0.25) is 14.9 Å². The fraction of sp³-hybridized carbons (Fsp3) is 0.392.